The Hall–Kier alpha value is -0.580. The highest BCUT2D eigenvalue weighted by atomic mass is 79.9. The van der Waals surface area contributed by atoms with Gasteiger partial charge in [-0.3, -0.25) is 0 Å². The van der Waals surface area contributed by atoms with Crippen LogP contribution in [-0.4, -0.2) is 20.2 Å². The van der Waals surface area contributed by atoms with Crippen molar-refractivity contribution in [1.82, 2.24) is 5.32 Å². The quantitative estimate of drug-likeness (QED) is 0.813. The molecule has 1 rings (SSSR count). The fraction of sp³-hybridized carbons (Fsp3) is 0.571. The molecule has 18 heavy (non-hydrogen) atoms. The predicted molar refractivity (Wildman–Crippen MR) is 79.8 cm³/mol. The van der Waals surface area contributed by atoms with Gasteiger partial charge in [-0.25, -0.2) is 0 Å². The summed E-state index contributed by atoms with van der Waals surface area (Å²) in [4.78, 5) is 0. The average Bonchev–Trinajstić information content (AvgIpc) is 2.34. The maximum Gasteiger partial charge on any atom is 0.123 e. The van der Waals surface area contributed by atoms with Gasteiger partial charge in [0.2, 0.25) is 0 Å². The molecule has 0 heterocycles. The van der Waals surface area contributed by atoms with Crippen LogP contribution < -0.4 is 15.8 Å². The van der Waals surface area contributed by atoms with Gasteiger partial charge in [-0.2, -0.15) is 0 Å². The van der Waals surface area contributed by atoms with Crippen molar-refractivity contribution >= 4 is 15.9 Å². The smallest absolute Gasteiger partial charge is 0.123 e. The van der Waals surface area contributed by atoms with E-state index in [1.54, 1.807) is 7.11 Å². The normalized spacial score (nSPS) is 12.8. The lowest BCUT2D eigenvalue weighted by molar-refractivity contribution is 0.367. The second kappa shape index (κ2) is 7.77. The van der Waals surface area contributed by atoms with E-state index in [-0.39, 0.29) is 0 Å². The minimum atomic E-state index is 0.517. The Balaban J connectivity index is 2.55. The molecule has 0 aliphatic heterocycles. The van der Waals surface area contributed by atoms with E-state index >= 15 is 0 Å². The van der Waals surface area contributed by atoms with Crippen LogP contribution in [0.25, 0.3) is 0 Å². The molecule has 1 atom stereocenters. The summed E-state index contributed by atoms with van der Waals surface area (Å²) in [5.41, 5.74) is 6.92. The maximum atomic E-state index is 5.76. The van der Waals surface area contributed by atoms with E-state index in [1.165, 1.54) is 0 Å². The van der Waals surface area contributed by atoms with Crippen LogP contribution in [-0.2, 0) is 6.54 Å². The molecule has 0 aliphatic carbocycles. The Kier molecular flexibility index (Phi) is 6.68. The van der Waals surface area contributed by atoms with Crippen molar-refractivity contribution in [3.63, 3.8) is 0 Å². The molecule has 1 aromatic carbocycles. The Morgan fingerprint density at radius 2 is 2.11 bits per heavy atom. The third-order valence-electron chi connectivity index (χ3n) is 3.21. The van der Waals surface area contributed by atoms with Crippen molar-refractivity contribution < 1.29 is 4.74 Å². The van der Waals surface area contributed by atoms with E-state index in [2.05, 4.69) is 41.2 Å². The van der Waals surface area contributed by atoms with Crippen molar-refractivity contribution in [3.05, 3.63) is 28.2 Å². The van der Waals surface area contributed by atoms with Crippen LogP contribution in [0.2, 0.25) is 0 Å². The van der Waals surface area contributed by atoms with Gasteiger partial charge in [-0.1, -0.05) is 29.8 Å². The summed E-state index contributed by atoms with van der Waals surface area (Å²) in [6, 6.07) is 6.04. The largest absolute Gasteiger partial charge is 0.496 e. The van der Waals surface area contributed by atoms with Gasteiger partial charge in [0.05, 0.1) is 7.11 Å². The fourth-order valence-corrected chi connectivity index (χ4v) is 2.28. The van der Waals surface area contributed by atoms with Gasteiger partial charge in [0.1, 0.15) is 5.75 Å². The molecule has 1 aromatic rings. The number of nitrogens with two attached hydrogens (primary N) is 1. The highest BCUT2D eigenvalue weighted by molar-refractivity contribution is 9.10. The van der Waals surface area contributed by atoms with E-state index < -0.39 is 0 Å². The van der Waals surface area contributed by atoms with E-state index in [0.29, 0.717) is 11.8 Å². The first-order valence-corrected chi connectivity index (χ1v) is 7.11. The molecule has 0 amide bonds. The summed E-state index contributed by atoms with van der Waals surface area (Å²) >= 11 is 3.48. The highest BCUT2D eigenvalue weighted by Crippen LogP contribution is 2.22. The van der Waals surface area contributed by atoms with Crippen LogP contribution in [0.1, 0.15) is 19.4 Å². The lowest BCUT2D eigenvalue weighted by atomic mass is 9.96. The molecule has 0 saturated carbocycles. The van der Waals surface area contributed by atoms with Crippen LogP contribution in [0, 0.1) is 11.8 Å². The third-order valence-corrected chi connectivity index (χ3v) is 3.70. The fourth-order valence-electron chi connectivity index (χ4n) is 1.87. The molecular formula is C14H23BrN2O. The Bertz CT molecular complexity index is 369. The number of rotatable bonds is 7. The van der Waals surface area contributed by atoms with Crippen molar-refractivity contribution in [1.29, 1.82) is 0 Å². The number of ether oxygens (including phenoxy) is 1. The Morgan fingerprint density at radius 1 is 1.39 bits per heavy atom. The first-order valence-electron chi connectivity index (χ1n) is 6.31. The summed E-state index contributed by atoms with van der Waals surface area (Å²) in [7, 11) is 1.70. The van der Waals surface area contributed by atoms with Gasteiger partial charge in [0.25, 0.3) is 0 Å². The van der Waals surface area contributed by atoms with Gasteiger partial charge >= 0.3 is 0 Å². The van der Waals surface area contributed by atoms with Gasteiger partial charge in [-0.05, 0) is 43.1 Å². The van der Waals surface area contributed by atoms with Crippen LogP contribution in [0.5, 0.6) is 5.75 Å². The maximum absolute atomic E-state index is 5.76. The summed E-state index contributed by atoms with van der Waals surface area (Å²) in [5, 5.41) is 3.46. The number of benzene rings is 1. The second-order valence-corrected chi connectivity index (χ2v) is 5.74. The first kappa shape index (κ1) is 15.5. The molecule has 0 spiro atoms. The number of halogens is 1. The SMILES string of the molecule is COc1ccc(Br)cc1CNCC(CN)C(C)C. The minimum Gasteiger partial charge on any atom is -0.496 e. The standard InChI is InChI=1S/C14H23BrN2O/c1-10(2)12(7-16)9-17-8-11-6-13(15)4-5-14(11)18-3/h4-6,10,12,17H,7-9,16H2,1-3H3. The van der Waals surface area contributed by atoms with E-state index in [1.807, 2.05) is 12.1 Å². The van der Waals surface area contributed by atoms with Crippen LogP contribution >= 0.6 is 15.9 Å². The molecule has 4 heteroatoms. The van der Waals surface area contributed by atoms with E-state index in [0.717, 1.165) is 35.4 Å². The zero-order chi connectivity index (χ0) is 13.5. The summed E-state index contributed by atoms with van der Waals surface area (Å²) in [6.07, 6.45) is 0. The molecular weight excluding hydrogens is 292 g/mol. The molecule has 0 aliphatic rings. The number of methoxy groups -OCH3 is 1. The summed E-state index contributed by atoms with van der Waals surface area (Å²) in [6.45, 7) is 6.87. The van der Waals surface area contributed by atoms with E-state index in [4.69, 9.17) is 10.5 Å². The zero-order valence-corrected chi connectivity index (χ0v) is 13.0. The van der Waals surface area contributed by atoms with Crippen LogP contribution in [0.3, 0.4) is 0 Å². The predicted octanol–water partition coefficient (Wildman–Crippen LogP) is 2.78. The first-order chi connectivity index (χ1) is 8.58. The minimum absolute atomic E-state index is 0.517. The van der Waals surface area contributed by atoms with E-state index in [9.17, 15) is 0 Å². The average molecular weight is 315 g/mol. The molecule has 0 radical (unpaired) electrons. The lowest BCUT2D eigenvalue weighted by Gasteiger charge is -2.19. The van der Waals surface area contributed by atoms with Crippen molar-refractivity contribution in [2.75, 3.05) is 20.2 Å². The highest BCUT2D eigenvalue weighted by Gasteiger charge is 2.11. The van der Waals surface area contributed by atoms with Crippen molar-refractivity contribution in [2.45, 2.75) is 20.4 Å². The van der Waals surface area contributed by atoms with Gasteiger partial charge < -0.3 is 15.8 Å². The van der Waals surface area contributed by atoms with Gasteiger partial charge in [-0.15, -0.1) is 0 Å². The Morgan fingerprint density at radius 3 is 2.67 bits per heavy atom. The zero-order valence-electron chi connectivity index (χ0n) is 11.4. The van der Waals surface area contributed by atoms with Gasteiger partial charge in [0.15, 0.2) is 0 Å². The second-order valence-electron chi connectivity index (χ2n) is 4.83. The monoisotopic (exact) mass is 314 g/mol. The number of nitrogens with one attached hydrogen (secondary N) is 1. The number of hydrogen-bond acceptors (Lipinski definition) is 3. The Labute approximate surface area is 118 Å². The number of hydrogen-bond donors (Lipinski definition) is 2. The molecule has 3 nitrogen and oxygen atoms in total. The molecule has 3 N–H and O–H groups in total. The lowest BCUT2D eigenvalue weighted by Crippen LogP contribution is -2.31. The van der Waals surface area contributed by atoms with Crippen molar-refractivity contribution in [2.24, 2.45) is 17.6 Å². The van der Waals surface area contributed by atoms with Crippen molar-refractivity contribution in [3.8, 4) is 5.75 Å². The molecule has 0 bridgehead atoms. The van der Waals surface area contributed by atoms with Crippen LogP contribution in [0.15, 0.2) is 22.7 Å². The third kappa shape index (κ3) is 4.59. The summed E-state index contributed by atoms with van der Waals surface area (Å²) in [5.74, 6) is 2.04. The van der Waals surface area contributed by atoms with Gasteiger partial charge in [0, 0.05) is 16.6 Å². The summed E-state index contributed by atoms with van der Waals surface area (Å²) < 4.78 is 6.41. The molecule has 0 aromatic heterocycles. The van der Waals surface area contributed by atoms with Crippen LogP contribution in [0.4, 0.5) is 0 Å². The molecule has 0 fully saturated rings. The molecule has 102 valence electrons. The molecule has 0 saturated heterocycles. The topological polar surface area (TPSA) is 47.3 Å². The molecule has 1 unspecified atom stereocenters.